The van der Waals surface area contributed by atoms with E-state index in [-0.39, 0.29) is 25.2 Å². The van der Waals surface area contributed by atoms with Gasteiger partial charge in [-0.05, 0) is 24.1 Å². The fraction of sp³-hybridized carbons (Fsp3) is 0.467. The van der Waals surface area contributed by atoms with E-state index in [4.69, 9.17) is 14.2 Å². The van der Waals surface area contributed by atoms with Crippen molar-refractivity contribution in [3.63, 3.8) is 0 Å². The summed E-state index contributed by atoms with van der Waals surface area (Å²) in [6.07, 6.45) is 0.888. The highest BCUT2D eigenvalue weighted by Gasteiger charge is 2.13. The third-order valence-electron chi connectivity index (χ3n) is 3.15. The molecule has 0 unspecified atom stereocenters. The minimum atomic E-state index is -0.228. The molecule has 1 aromatic carbocycles. The van der Waals surface area contributed by atoms with Crippen molar-refractivity contribution >= 4 is 11.8 Å². The van der Waals surface area contributed by atoms with Crippen molar-refractivity contribution in [1.82, 2.24) is 10.6 Å². The summed E-state index contributed by atoms with van der Waals surface area (Å²) in [5.41, 5.74) is 0.990. The molecule has 7 nitrogen and oxygen atoms in total. The Labute approximate surface area is 128 Å². The first-order valence-electron chi connectivity index (χ1n) is 7.10. The second kappa shape index (κ2) is 8.23. The van der Waals surface area contributed by atoms with Crippen LogP contribution in [0, 0.1) is 0 Å². The van der Waals surface area contributed by atoms with Gasteiger partial charge in [-0.2, -0.15) is 0 Å². The SMILES string of the molecule is COCCNC(=O)CNC(=O)CCc1ccc2c(c1)OCO2. The van der Waals surface area contributed by atoms with Gasteiger partial charge in [-0.1, -0.05) is 6.07 Å². The number of rotatable bonds is 8. The fourth-order valence-electron chi connectivity index (χ4n) is 1.98. The second-order valence-corrected chi connectivity index (χ2v) is 4.81. The molecule has 0 spiro atoms. The summed E-state index contributed by atoms with van der Waals surface area (Å²) >= 11 is 0. The summed E-state index contributed by atoms with van der Waals surface area (Å²) in [5.74, 6) is 1.03. The zero-order valence-electron chi connectivity index (χ0n) is 12.5. The zero-order valence-corrected chi connectivity index (χ0v) is 12.5. The van der Waals surface area contributed by atoms with Crippen molar-refractivity contribution in [2.45, 2.75) is 12.8 Å². The van der Waals surface area contributed by atoms with Gasteiger partial charge in [-0.3, -0.25) is 9.59 Å². The number of carbonyl (C=O) groups excluding carboxylic acids is 2. The first-order chi connectivity index (χ1) is 10.7. The summed E-state index contributed by atoms with van der Waals surface area (Å²) in [5, 5.41) is 5.22. The number of nitrogens with one attached hydrogen (secondary N) is 2. The number of amides is 2. The Hall–Kier alpha value is -2.28. The zero-order chi connectivity index (χ0) is 15.8. The van der Waals surface area contributed by atoms with E-state index in [0.29, 0.717) is 31.7 Å². The molecule has 120 valence electrons. The maximum absolute atomic E-state index is 11.7. The molecule has 2 amide bonds. The lowest BCUT2D eigenvalue weighted by atomic mass is 10.1. The lowest BCUT2D eigenvalue weighted by Gasteiger charge is -2.07. The molecule has 22 heavy (non-hydrogen) atoms. The van der Waals surface area contributed by atoms with E-state index in [9.17, 15) is 9.59 Å². The minimum Gasteiger partial charge on any atom is -0.454 e. The van der Waals surface area contributed by atoms with E-state index in [0.717, 1.165) is 11.3 Å². The van der Waals surface area contributed by atoms with Crippen LogP contribution < -0.4 is 20.1 Å². The molecule has 0 aromatic heterocycles. The van der Waals surface area contributed by atoms with E-state index in [1.165, 1.54) is 0 Å². The van der Waals surface area contributed by atoms with Gasteiger partial charge in [-0.25, -0.2) is 0 Å². The van der Waals surface area contributed by atoms with Crippen LogP contribution in [0.4, 0.5) is 0 Å². The van der Waals surface area contributed by atoms with Gasteiger partial charge in [0.25, 0.3) is 0 Å². The molecule has 0 saturated heterocycles. The summed E-state index contributed by atoms with van der Waals surface area (Å²) in [4.78, 5) is 23.1. The van der Waals surface area contributed by atoms with Crippen LogP contribution in [0.1, 0.15) is 12.0 Å². The van der Waals surface area contributed by atoms with Gasteiger partial charge >= 0.3 is 0 Å². The topological polar surface area (TPSA) is 85.9 Å². The summed E-state index contributed by atoms with van der Waals surface area (Å²) in [6, 6.07) is 5.60. The minimum absolute atomic E-state index is 0.0241. The third kappa shape index (κ3) is 4.92. The van der Waals surface area contributed by atoms with Crippen LogP contribution in [0.25, 0.3) is 0 Å². The summed E-state index contributed by atoms with van der Waals surface area (Å²) in [6.45, 7) is 1.09. The number of methoxy groups -OCH3 is 1. The number of aryl methyl sites for hydroxylation is 1. The monoisotopic (exact) mass is 308 g/mol. The van der Waals surface area contributed by atoms with Crippen LogP contribution in [0.5, 0.6) is 11.5 Å². The van der Waals surface area contributed by atoms with Crippen molar-refractivity contribution in [3.05, 3.63) is 23.8 Å². The highest BCUT2D eigenvalue weighted by molar-refractivity contribution is 5.84. The van der Waals surface area contributed by atoms with Crippen LogP contribution in [0.2, 0.25) is 0 Å². The van der Waals surface area contributed by atoms with Crippen LogP contribution in [-0.2, 0) is 20.7 Å². The Morgan fingerprint density at radius 1 is 1.18 bits per heavy atom. The van der Waals surface area contributed by atoms with E-state index in [2.05, 4.69) is 10.6 Å². The molecule has 0 bridgehead atoms. The molecule has 0 atom stereocenters. The van der Waals surface area contributed by atoms with Gasteiger partial charge in [0.05, 0.1) is 13.2 Å². The van der Waals surface area contributed by atoms with E-state index in [1.807, 2.05) is 18.2 Å². The molecule has 1 aliphatic heterocycles. The molecule has 0 aliphatic carbocycles. The molecule has 0 fully saturated rings. The van der Waals surface area contributed by atoms with Gasteiger partial charge in [0, 0.05) is 20.1 Å². The number of carbonyl (C=O) groups is 2. The highest BCUT2D eigenvalue weighted by Crippen LogP contribution is 2.32. The predicted molar refractivity (Wildman–Crippen MR) is 78.8 cm³/mol. The molecule has 0 radical (unpaired) electrons. The second-order valence-electron chi connectivity index (χ2n) is 4.81. The quantitative estimate of drug-likeness (QED) is 0.671. The van der Waals surface area contributed by atoms with Crippen LogP contribution in [0.3, 0.4) is 0 Å². The van der Waals surface area contributed by atoms with Gasteiger partial charge in [-0.15, -0.1) is 0 Å². The molecule has 2 rings (SSSR count). The Morgan fingerprint density at radius 3 is 2.82 bits per heavy atom. The van der Waals surface area contributed by atoms with Crippen molar-refractivity contribution in [1.29, 1.82) is 0 Å². The Kier molecular flexibility index (Phi) is 6.02. The maximum Gasteiger partial charge on any atom is 0.239 e. The number of benzene rings is 1. The van der Waals surface area contributed by atoms with Gasteiger partial charge in [0.15, 0.2) is 11.5 Å². The van der Waals surface area contributed by atoms with Gasteiger partial charge < -0.3 is 24.8 Å². The molecular weight excluding hydrogens is 288 g/mol. The average molecular weight is 308 g/mol. The lowest BCUT2D eigenvalue weighted by Crippen LogP contribution is -2.38. The average Bonchev–Trinajstić information content (AvgIpc) is 2.98. The van der Waals surface area contributed by atoms with Crippen LogP contribution in [-0.4, -0.2) is 45.4 Å². The number of fused-ring (bicyclic) bond motifs is 1. The molecule has 1 heterocycles. The highest BCUT2D eigenvalue weighted by atomic mass is 16.7. The van der Waals surface area contributed by atoms with Crippen molar-refractivity contribution in [2.75, 3.05) is 33.6 Å². The van der Waals surface area contributed by atoms with E-state index >= 15 is 0 Å². The first-order valence-corrected chi connectivity index (χ1v) is 7.10. The third-order valence-corrected chi connectivity index (χ3v) is 3.15. The molecule has 0 saturated carbocycles. The Balaban J connectivity index is 1.66. The standard InChI is InChI=1S/C15H20N2O5/c1-20-7-6-16-15(19)9-17-14(18)5-3-11-2-4-12-13(8-11)22-10-21-12/h2,4,8H,3,5-7,9-10H2,1H3,(H,16,19)(H,17,18). The van der Waals surface area contributed by atoms with Gasteiger partial charge in [0.1, 0.15) is 0 Å². The van der Waals surface area contributed by atoms with Crippen LogP contribution in [0.15, 0.2) is 18.2 Å². The largest absolute Gasteiger partial charge is 0.454 e. The van der Waals surface area contributed by atoms with Crippen molar-refractivity contribution < 1.29 is 23.8 Å². The summed E-state index contributed by atoms with van der Waals surface area (Å²) in [7, 11) is 1.56. The number of ether oxygens (including phenoxy) is 3. The number of hydrogen-bond acceptors (Lipinski definition) is 5. The Bertz CT molecular complexity index is 533. The summed E-state index contributed by atoms with van der Waals surface area (Å²) < 4.78 is 15.3. The lowest BCUT2D eigenvalue weighted by molar-refractivity contribution is -0.126. The molecule has 1 aliphatic rings. The van der Waals surface area contributed by atoms with Gasteiger partial charge in [0.2, 0.25) is 18.6 Å². The normalized spacial score (nSPS) is 12.0. The Morgan fingerprint density at radius 2 is 2.00 bits per heavy atom. The molecular formula is C15H20N2O5. The van der Waals surface area contributed by atoms with Crippen LogP contribution >= 0.6 is 0 Å². The smallest absolute Gasteiger partial charge is 0.239 e. The maximum atomic E-state index is 11.7. The molecule has 7 heteroatoms. The first kappa shape index (κ1) is 16.1. The van der Waals surface area contributed by atoms with E-state index < -0.39 is 0 Å². The number of hydrogen-bond donors (Lipinski definition) is 2. The molecule has 2 N–H and O–H groups in total. The van der Waals surface area contributed by atoms with E-state index in [1.54, 1.807) is 7.11 Å². The predicted octanol–water partition coefficient (Wildman–Crippen LogP) is 0.227. The van der Waals surface area contributed by atoms with Crippen molar-refractivity contribution in [2.24, 2.45) is 0 Å². The fourth-order valence-corrected chi connectivity index (χ4v) is 1.98. The van der Waals surface area contributed by atoms with Crippen molar-refractivity contribution in [3.8, 4) is 11.5 Å². The molecule has 1 aromatic rings.